The van der Waals surface area contributed by atoms with Gasteiger partial charge in [0.15, 0.2) is 0 Å². The molecule has 0 radical (unpaired) electrons. The number of aliphatic hydroxyl groups excluding tert-OH is 2. The first-order chi connectivity index (χ1) is 9.70. The Balaban J connectivity index is 1.84. The summed E-state index contributed by atoms with van der Waals surface area (Å²) in [6, 6.07) is 8.79. The van der Waals surface area contributed by atoms with Gasteiger partial charge in [-0.2, -0.15) is 0 Å². The molecule has 112 valence electrons. The Morgan fingerprint density at radius 2 is 2.10 bits per heavy atom. The lowest BCUT2D eigenvalue weighted by atomic mass is 9.91. The molecule has 0 spiro atoms. The van der Waals surface area contributed by atoms with E-state index < -0.39 is 0 Å². The fourth-order valence-electron chi connectivity index (χ4n) is 2.83. The molecule has 2 rings (SSSR count). The van der Waals surface area contributed by atoms with Gasteiger partial charge in [-0.3, -0.25) is 0 Å². The van der Waals surface area contributed by atoms with Gasteiger partial charge in [0, 0.05) is 25.7 Å². The van der Waals surface area contributed by atoms with Crippen LogP contribution in [0.3, 0.4) is 0 Å². The first-order valence-electron chi connectivity index (χ1n) is 7.80. The fourth-order valence-corrected chi connectivity index (χ4v) is 2.83. The number of benzene rings is 1. The lowest BCUT2D eigenvalue weighted by Gasteiger charge is -2.38. The van der Waals surface area contributed by atoms with Gasteiger partial charge in [0.1, 0.15) is 0 Å². The zero-order valence-electron chi connectivity index (χ0n) is 12.5. The van der Waals surface area contributed by atoms with Crippen LogP contribution in [0.15, 0.2) is 24.3 Å². The SMILES string of the molecule is Cc1cccc(C(O)CCN(CCCO)C2CCC2)c1. The van der Waals surface area contributed by atoms with Gasteiger partial charge in [0.25, 0.3) is 0 Å². The minimum atomic E-state index is -0.383. The van der Waals surface area contributed by atoms with Crippen molar-refractivity contribution >= 4 is 0 Å². The van der Waals surface area contributed by atoms with Gasteiger partial charge >= 0.3 is 0 Å². The monoisotopic (exact) mass is 277 g/mol. The zero-order valence-corrected chi connectivity index (χ0v) is 12.5. The Labute approximate surface area is 122 Å². The summed E-state index contributed by atoms with van der Waals surface area (Å²) in [4.78, 5) is 2.44. The largest absolute Gasteiger partial charge is 0.396 e. The number of aryl methyl sites for hydroxylation is 1. The Hall–Kier alpha value is -0.900. The maximum Gasteiger partial charge on any atom is 0.0802 e. The third kappa shape index (κ3) is 4.30. The first-order valence-corrected chi connectivity index (χ1v) is 7.80. The van der Waals surface area contributed by atoms with Crippen LogP contribution < -0.4 is 0 Å². The van der Waals surface area contributed by atoms with Crippen molar-refractivity contribution in [1.82, 2.24) is 4.90 Å². The predicted octanol–water partition coefficient (Wildman–Crippen LogP) is 2.66. The van der Waals surface area contributed by atoms with Crippen LogP contribution in [-0.4, -0.2) is 40.9 Å². The highest BCUT2D eigenvalue weighted by atomic mass is 16.3. The number of nitrogens with zero attached hydrogens (tertiary/aromatic N) is 1. The molecule has 3 heteroatoms. The molecule has 0 saturated heterocycles. The van der Waals surface area contributed by atoms with E-state index >= 15 is 0 Å². The molecule has 1 aromatic carbocycles. The van der Waals surface area contributed by atoms with Crippen molar-refractivity contribution in [2.75, 3.05) is 19.7 Å². The van der Waals surface area contributed by atoms with Crippen LogP contribution in [0.5, 0.6) is 0 Å². The zero-order chi connectivity index (χ0) is 14.4. The predicted molar refractivity (Wildman–Crippen MR) is 81.7 cm³/mol. The van der Waals surface area contributed by atoms with Crippen molar-refractivity contribution in [3.8, 4) is 0 Å². The molecule has 1 fully saturated rings. The third-order valence-corrected chi connectivity index (χ3v) is 4.31. The molecule has 1 unspecified atom stereocenters. The topological polar surface area (TPSA) is 43.7 Å². The molecule has 0 aliphatic heterocycles. The second-order valence-corrected chi connectivity index (χ2v) is 5.92. The number of aliphatic hydroxyl groups is 2. The number of rotatable bonds is 8. The highest BCUT2D eigenvalue weighted by molar-refractivity contribution is 5.23. The van der Waals surface area contributed by atoms with E-state index in [1.807, 2.05) is 12.1 Å². The minimum Gasteiger partial charge on any atom is -0.396 e. The van der Waals surface area contributed by atoms with Crippen LogP contribution in [0, 0.1) is 6.92 Å². The first kappa shape index (κ1) is 15.5. The lowest BCUT2D eigenvalue weighted by molar-refractivity contribution is 0.0864. The Morgan fingerprint density at radius 3 is 2.70 bits per heavy atom. The molecule has 0 amide bonds. The van der Waals surface area contributed by atoms with Crippen molar-refractivity contribution < 1.29 is 10.2 Å². The van der Waals surface area contributed by atoms with Crippen LogP contribution in [0.2, 0.25) is 0 Å². The van der Waals surface area contributed by atoms with Crippen LogP contribution in [0.25, 0.3) is 0 Å². The van der Waals surface area contributed by atoms with Gasteiger partial charge in [-0.05, 0) is 38.2 Å². The summed E-state index contributed by atoms with van der Waals surface area (Å²) in [6.07, 6.45) is 5.08. The van der Waals surface area contributed by atoms with Gasteiger partial charge in [-0.15, -0.1) is 0 Å². The summed E-state index contributed by atoms with van der Waals surface area (Å²) in [5.74, 6) is 0. The average Bonchev–Trinajstić information content (AvgIpc) is 2.39. The van der Waals surface area contributed by atoms with Crippen LogP contribution in [0.1, 0.15) is 49.3 Å². The van der Waals surface area contributed by atoms with Crippen LogP contribution >= 0.6 is 0 Å². The standard InChI is InChI=1S/C17H27NO2/c1-14-5-2-6-15(13-14)17(20)9-11-18(10-4-12-19)16-7-3-8-16/h2,5-6,13,16-17,19-20H,3-4,7-12H2,1H3. The molecule has 0 heterocycles. The Bertz CT molecular complexity index is 404. The van der Waals surface area contributed by atoms with Gasteiger partial charge in [-0.1, -0.05) is 36.2 Å². The second-order valence-electron chi connectivity index (χ2n) is 5.92. The second kappa shape index (κ2) is 7.77. The molecule has 1 aliphatic rings. The van der Waals surface area contributed by atoms with Crippen LogP contribution in [0.4, 0.5) is 0 Å². The highest BCUT2D eigenvalue weighted by Crippen LogP contribution is 2.26. The van der Waals surface area contributed by atoms with Crippen molar-refractivity contribution in [1.29, 1.82) is 0 Å². The molecule has 1 saturated carbocycles. The van der Waals surface area contributed by atoms with E-state index in [0.717, 1.165) is 31.5 Å². The van der Waals surface area contributed by atoms with Gasteiger partial charge in [0.2, 0.25) is 0 Å². The van der Waals surface area contributed by atoms with Crippen LogP contribution in [-0.2, 0) is 0 Å². The van der Waals surface area contributed by atoms with E-state index in [-0.39, 0.29) is 12.7 Å². The molecular weight excluding hydrogens is 250 g/mol. The summed E-state index contributed by atoms with van der Waals surface area (Å²) in [5.41, 5.74) is 2.21. The Kier molecular flexibility index (Phi) is 6.02. The average molecular weight is 277 g/mol. The third-order valence-electron chi connectivity index (χ3n) is 4.31. The summed E-state index contributed by atoms with van der Waals surface area (Å²) < 4.78 is 0. The van der Waals surface area contributed by atoms with E-state index in [1.165, 1.54) is 24.8 Å². The summed E-state index contributed by atoms with van der Waals surface area (Å²) >= 11 is 0. The molecule has 1 aromatic rings. The maximum atomic E-state index is 10.3. The van der Waals surface area contributed by atoms with Crippen molar-refractivity contribution in [2.45, 2.75) is 51.2 Å². The highest BCUT2D eigenvalue weighted by Gasteiger charge is 2.24. The van der Waals surface area contributed by atoms with Crippen molar-refractivity contribution in [3.05, 3.63) is 35.4 Å². The maximum absolute atomic E-state index is 10.3. The van der Waals surface area contributed by atoms with E-state index in [1.54, 1.807) is 0 Å². The van der Waals surface area contributed by atoms with E-state index in [9.17, 15) is 5.11 Å². The molecule has 1 aliphatic carbocycles. The molecule has 2 N–H and O–H groups in total. The summed E-state index contributed by atoms with van der Waals surface area (Å²) in [6.45, 7) is 4.17. The van der Waals surface area contributed by atoms with Gasteiger partial charge in [-0.25, -0.2) is 0 Å². The quantitative estimate of drug-likeness (QED) is 0.768. The molecule has 0 aromatic heterocycles. The minimum absolute atomic E-state index is 0.254. The van der Waals surface area contributed by atoms with Crippen molar-refractivity contribution in [2.24, 2.45) is 0 Å². The lowest BCUT2D eigenvalue weighted by Crippen LogP contribution is -2.41. The Morgan fingerprint density at radius 1 is 1.30 bits per heavy atom. The van der Waals surface area contributed by atoms with Crippen molar-refractivity contribution in [3.63, 3.8) is 0 Å². The molecule has 20 heavy (non-hydrogen) atoms. The molecule has 3 nitrogen and oxygen atoms in total. The van der Waals surface area contributed by atoms with Gasteiger partial charge in [0.05, 0.1) is 6.10 Å². The van der Waals surface area contributed by atoms with E-state index in [4.69, 9.17) is 5.11 Å². The number of hydrogen-bond acceptors (Lipinski definition) is 3. The van der Waals surface area contributed by atoms with Gasteiger partial charge < -0.3 is 15.1 Å². The summed E-state index contributed by atoms with van der Waals surface area (Å²) in [5, 5.41) is 19.3. The van der Waals surface area contributed by atoms with E-state index in [2.05, 4.69) is 24.0 Å². The molecule has 1 atom stereocenters. The fraction of sp³-hybridized carbons (Fsp3) is 0.647. The molecule has 0 bridgehead atoms. The molecular formula is C17H27NO2. The number of hydrogen-bond donors (Lipinski definition) is 2. The van der Waals surface area contributed by atoms with E-state index in [0.29, 0.717) is 6.04 Å². The smallest absolute Gasteiger partial charge is 0.0802 e. The summed E-state index contributed by atoms with van der Waals surface area (Å²) in [7, 11) is 0. The normalized spacial score (nSPS) is 17.2.